The second-order valence-electron chi connectivity index (χ2n) is 4.43. The maximum atomic E-state index is 14.1. The molecule has 3 aromatic rings. The summed E-state index contributed by atoms with van der Waals surface area (Å²) >= 11 is 0. The minimum absolute atomic E-state index is 0.207. The van der Waals surface area contributed by atoms with Crippen molar-refractivity contribution in [3.05, 3.63) is 78.6 Å². The first-order valence-corrected chi connectivity index (χ1v) is 6.20. The number of benzene rings is 3. The second-order valence-corrected chi connectivity index (χ2v) is 4.43. The summed E-state index contributed by atoms with van der Waals surface area (Å²) in [7, 11) is 0. The Morgan fingerprint density at radius 3 is 2.37 bits per heavy atom. The molecular formula is C18H13F. The lowest BCUT2D eigenvalue weighted by Crippen LogP contribution is -1.89. The molecule has 0 saturated carbocycles. The fourth-order valence-corrected chi connectivity index (χ4v) is 2.42. The van der Waals surface area contributed by atoms with Gasteiger partial charge in [0.15, 0.2) is 0 Å². The predicted molar refractivity (Wildman–Crippen MR) is 79.4 cm³/mol. The summed E-state index contributed by atoms with van der Waals surface area (Å²) < 4.78 is 14.1. The van der Waals surface area contributed by atoms with Crippen LogP contribution in [0.1, 0.15) is 5.56 Å². The molecule has 0 N–H and O–H groups in total. The van der Waals surface area contributed by atoms with Crippen LogP contribution in [-0.2, 0) is 0 Å². The molecule has 0 unspecified atom stereocenters. The van der Waals surface area contributed by atoms with E-state index in [0.29, 0.717) is 5.56 Å². The third-order valence-electron chi connectivity index (χ3n) is 3.32. The smallest absolute Gasteiger partial charge is 0.131 e. The lowest BCUT2D eigenvalue weighted by Gasteiger charge is -2.11. The predicted octanol–water partition coefficient (Wildman–Crippen LogP) is 5.29. The van der Waals surface area contributed by atoms with Gasteiger partial charge in [-0.1, -0.05) is 67.3 Å². The molecule has 3 aromatic carbocycles. The van der Waals surface area contributed by atoms with Gasteiger partial charge >= 0.3 is 0 Å². The van der Waals surface area contributed by atoms with Gasteiger partial charge in [0, 0.05) is 5.56 Å². The quantitative estimate of drug-likeness (QED) is 0.578. The molecule has 0 atom stereocenters. The Morgan fingerprint density at radius 1 is 0.842 bits per heavy atom. The van der Waals surface area contributed by atoms with Crippen LogP contribution in [0.2, 0.25) is 0 Å². The van der Waals surface area contributed by atoms with E-state index in [-0.39, 0.29) is 5.82 Å². The molecule has 0 aliphatic rings. The van der Waals surface area contributed by atoms with Crippen LogP contribution in [0.5, 0.6) is 0 Å². The maximum Gasteiger partial charge on any atom is 0.131 e. The summed E-state index contributed by atoms with van der Waals surface area (Å²) in [4.78, 5) is 0. The first kappa shape index (κ1) is 11.7. The Bertz CT molecular complexity index is 756. The molecule has 0 radical (unpaired) electrons. The fraction of sp³-hybridized carbons (Fsp3) is 0. The first-order chi connectivity index (χ1) is 9.31. The topological polar surface area (TPSA) is 0 Å². The van der Waals surface area contributed by atoms with Crippen LogP contribution in [0.4, 0.5) is 4.39 Å². The van der Waals surface area contributed by atoms with E-state index in [1.807, 2.05) is 48.5 Å². The van der Waals surface area contributed by atoms with Gasteiger partial charge in [-0.25, -0.2) is 4.39 Å². The average Bonchev–Trinajstić information content (AvgIpc) is 2.47. The monoisotopic (exact) mass is 248 g/mol. The van der Waals surface area contributed by atoms with Crippen molar-refractivity contribution in [1.82, 2.24) is 0 Å². The summed E-state index contributed by atoms with van der Waals surface area (Å²) in [6.45, 7) is 3.83. The Morgan fingerprint density at radius 2 is 1.58 bits per heavy atom. The van der Waals surface area contributed by atoms with Gasteiger partial charge in [-0.15, -0.1) is 0 Å². The number of rotatable bonds is 2. The van der Waals surface area contributed by atoms with Gasteiger partial charge in [0.1, 0.15) is 5.82 Å². The molecule has 0 aromatic heterocycles. The largest absolute Gasteiger partial charge is 0.206 e. The van der Waals surface area contributed by atoms with Gasteiger partial charge in [-0.05, 0) is 28.0 Å². The zero-order valence-corrected chi connectivity index (χ0v) is 10.4. The molecule has 0 bridgehead atoms. The Kier molecular flexibility index (Phi) is 2.88. The number of hydrogen-bond donors (Lipinski definition) is 0. The Labute approximate surface area is 111 Å². The Hall–Kier alpha value is -2.41. The second kappa shape index (κ2) is 4.69. The molecule has 3 rings (SSSR count). The summed E-state index contributed by atoms with van der Waals surface area (Å²) in [5, 5.41) is 2.15. The highest BCUT2D eigenvalue weighted by atomic mass is 19.1. The van der Waals surface area contributed by atoms with E-state index in [0.717, 1.165) is 21.9 Å². The third kappa shape index (κ3) is 1.93. The SMILES string of the molecule is C=Cc1ccc2ccccc2c1-c1ccccc1F. The van der Waals surface area contributed by atoms with Gasteiger partial charge in [0.25, 0.3) is 0 Å². The molecule has 1 heteroatoms. The number of hydrogen-bond acceptors (Lipinski definition) is 0. The summed E-state index contributed by atoms with van der Waals surface area (Å²) in [6, 6.07) is 18.9. The van der Waals surface area contributed by atoms with Crippen molar-refractivity contribution in [3.63, 3.8) is 0 Å². The molecule has 0 saturated heterocycles. The summed E-state index contributed by atoms with van der Waals surface area (Å²) in [5.41, 5.74) is 2.48. The fourth-order valence-electron chi connectivity index (χ4n) is 2.42. The van der Waals surface area contributed by atoms with Crippen LogP contribution in [0.3, 0.4) is 0 Å². The van der Waals surface area contributed by atoms with Crippen molar-refractivity contribution in [1.29, 1.82) is 0 Å². The average molecular weight is 248 g/mol. The van der Waals surface area contributed by atoms with Crippen molar-refractivity contribution in [2.24, 2.45) is 0 Å². The number of fused-ring (bicyclic) bond motifs is 1. The molecule has 0 fully saturated rings. The highest BCUT2D eigenvalue weighted by Gasteiger charge is 2.11. The van der Waals surface area contributed by atoms with Crippen LogP contribution in [0, 0.1) is 5.82 Å². The van der Waals surface area contributed by atoms with E-state index >= 15 is 0 Å². The van der Waals surface area contributed by atoms with Crippen LogP contribution >= 0.6 is 0 Å². The lowest BCUT2D eigenvalue weighted by molar-refractivity contribution is 0.631. The highest BCUT2D eigenvalue weighted by Crippen LogP contribution is 2.34. The van der Waals surface area contributed by atoms with E-state index < -0.39 is 0 Å². The molecule has 0 aliphatic carbocycles. The van der Waals surface area contributed by atoms with E-state index in [2.05, 4.69) is 6.58 Å². The van der Waals surface area contributed by atoms with E-state index in [1.54, 1.807) is 12.1 Å². The molecule has 0 nitrogen and oxygen atoms in total. The van der Waals surface area contributed by atoms with Crippen molar-refractivity contribution >= 4 is 16.8 Å². The van der Waals surface area contributed by atoms with Crippen LogP contribution < -0.4 is 0 Å². The lowest BCUT2D eigenvalue weighted by atomic mass is 9.93. The molecule has 0 aliphatic heterocycles. The van der Waals surface area contributed by atoms with Crippen molar-refractivity contribution < 1.29 is 4.39 Å². The van der Waals surface area contributed by atoms with E-state index in [4.69, 9.17) is 0 Å². The summed E-state index contributed by atoms with van der Waals surface area (Å²) in [5.74, 6) is -0.207. The van der Waals surface area contributed by atoms with Crippen LogP contribution in [0.25, 0.3) is 28.0 Å². The van der Waals surface area contributed by atoms with Gasteiger partial charge in [0.2, 0.25) is 0 Å². The van der Waals surface area contributed by atoms with Crippen LogP contribution in [-0.4, -0.2) is 0 Å². The highest BCUT2D eigenvalue weighted by molar-refractivity contribution is 6.00. The van der Waals surface area contributed by atoms with Gasteiger partial charge in [-0.2, -0.15) is 0 Å². The van der Waals surface area contributed by atoms with Crippen molar-refractivity contribution in [2.45, 2.75) is 0 Å². The van der Waals surface area contributed by atoms with E-state index in [1.165, 1.54) is 6.07 Å². The van der Waals surface area contributed by atoms with Crippen LogP contribution in [0.15, 0.2) is 67.2 Å². The third-order valence-corrected chi connectivity index (χ3v) is 3.32. The molecule has 92 valence electrons. The normalized spacial score (nSPS) is 10.6. The minimum Gasteiger partial charge on any atom is -0.206 e. The summed E-state index contributed by atoms with van der Waals surface area (Å²) in [6.07, 6.45) is 1.77. The van der Waals surface area contributed by atoms with Crippen molar-refractivity contribution in [2.75, 3.05) is 0 Å². The zero-order chi connectivity index (χ0) is 13.2. The molecular weight excluding hydrogens is 235 g/mol. The minimum atomic E-state index is -0.207. The van der Waals surface area contributed by atoms with Gasteiger partial charge in [0.05, 0.1) is 0 Å². The molecule has 0 amide bonds. The van der Waals surface area contributed by atoms with Gasteiger partial charge < -0.3 is 0 Å². The maximum absolute atomic E-state index is 14.1. The standard InChI is InChI=1S/C18H13F/c1-2-13-11-12-14-7-3-4-8-15(14)18(13)16-9-5-6-10-17(16)19/h2-12H,1H2. The molecule has 0 spiro atoms. The first-order valence-electron chi connectivity index (χ1n) is 6.20. The molecule has 0 heterocycles. The van der Waals surface area contributed by atoms with E-state index in [9.17, 15) is 4.39 Å². The molecule has 19 heavy (non-hydrogen) atoms. The number of halogens is 1. The van der Waals surface area contributed by atoms with Gasteiger partial charge in [-0.3, -0.25) is 0 Å². The zero-order valence-electron chi connectivity index (χ0n) is 10.4. The Balaban J connectivity index is 2.44. The van der Waals surface area contributed by atoms with Crippen molar-refractivity contribution in [3.8, 4) is 11.1 Å².